The minimum Gasteiger partial charge on any atom is -0.329 e. The molecule has 1 unspecified atom stereocenters. The van der Waals surface area contributed by atoms with Crippen molar-refractivity contribution < 1.29 is 0 Å². The summed E-state index contributed by atoms with van der Waals surface area (Å²) in [5.41, 5.74) is 13.0. The number of nitrogens with one attached hydrogen (secondary N) is 1. The van der Waals surface area contributed by atoms with Gasteiger partial charge in [-0.25, -0.2) is 0 Å². The summed E-state index contributed by atoms with van der Waals surface area (Å²) >= 11 is 0. The van der Waals surface area contributed by atoms with Gasteiger partial charge in [-0.1, -0.05) is 54.1 Å². The van der Waals surface area contributed by atoms with Crippen molar-refractivity contribution in [3.8, 4) is 11.3 Å². The number of aryl methyl sites for hydroxylation is 2. The van der Waals surface area contributed by atoms with Gasteiger partial charge in [0.05, 0.1) is 5.69 Å². The number of H-pyrrole nitrogens is 1. The van der Waals surface area contributed by atoms with E-state index in [4.69, 9.17) is 5.73 Å². The molecule has 0 radical (unpaired) electrons. The Bertz CT molecular complexity index is 759. The fourth-order valence-corrected chi connectivity index (χ4v) is 2.83. The smallest absolute Gasteiger partial charge is 0.0923 e. The molecule has 0 aliphatic heterocycles. The Balaban J connectivity index is 1.98. The molecule has 0 amide bonds. The lowest BCUT2D eigenvalue weighted by Crippen LogP contribution is -2.15. The van der Waals surface area contributed by atoms with Crippen LogP contribution < -0.4 is 5.73 Å². The molecule has 3 aromatic rings. The van der Waals surface area contributed by atoms with Crippen molar-refractivity contribution in [2.24, 2.45) is 5.73 Å². The molecule has 0 saturated carbocycles. The van der Waals surface area contributed by atoms with Crippen LogP contribution in [0.15, 0.2) is 54.6 Å². The van der Waals surface area contributed by atoms with E-state index in [1.165, 1.54) is 16.7 Å². The molecular formula is C19H21N3. The van der Waals surface area contributed by atoms with Gasteiger partial charge in [-0.3, -0.25) is 5.10 Å². The minimum atomic E-state index is 0.143. The number of nitrogens with two attached hydrogens (primary N) is 1. The summed E-state index contributed by atoms with van der Waals surface area (Å²) in [6.07, 6.45) is 0. The van der Waals surface area contributed by atoms with Gasteiger partial charge in [-0.15, -0.1) is 0 Å². The molecule has 1 atom stereocenters. The van der Waals surface area contributed by atoms with Crippen molar-refractivity contribution in [2.45, 2.75) is 19.8 Å². The Kier molecular flexibility index (Phi) is 4.07. The Morgan fingerprint density at radius 3 is 2.55 bits per heavy atom. The van der Waals surface area contributed by atoms with E-state index in [1.54, 1.807) is 0 Å². The van der Waals surface area contributed by atoms with E-state index in [9.17, 15) is 0 Å². The normalized spacial score (nSPS) is 12.3. The number of aromatic nitrogens is 2. The predicted molar refractivity (Wildman–Crippen MR) is 90.8 cm³/mol. The fraction of sp³-hybridized carbons (Fsp3) is 0.211. The van der Waals surface area contributed by atoms with Crippen molar-refractivity contribution >= 4 is 0 Å². The van der Waals surface area contributed by atoms with Crippen LogP contribution in [0.3, 0.4) is 0 Å². The second-order valence-corrected chi connectivity index (χ2v) is 5.72. The molecule has 3 rings (SSSR count). The average molecular weight is 291 g/mol. The molecule has 0 aliphatic rings. The first-order chi connectivity index (χ1) is 10.7. The Morgan fingerprint density at radius 1 is 1.05 bits per heavy atom. The van der Waals surface area contributed by atoms with Crippen LogP contribution in [-0.4, -0.2) is 16.7 Å². The van der Waals surface area contributed by atoms with Crippen LogP contribution in [0.25, 0.3) is 11.3 Å². The molecule has 0 bridgehead atoms. The van der Waals surface area contributed by atoms with Gasteiger partial charge >= 0.3 is 0 Å². The first-order valence-corrected chi connectivity index (χ1v) is 7.57. The second kappa shape index (κ2) is 6.16. The van der Waals surface area contributed by atoms with Crippen molar-refractivity contribution in [1.82, 2.24) is 10.2 Å². The summed E-state index contributed by atoms with van der Waals surface area (Å²) in [6.45, 7) is 4.80. The van der Waals surface area contributed by atoms with E-state index in [0.29, 0.717) is 6.54 Å². The highest BCUT2D eigenvalue weighted by Gasteiger charge is 2.17. The first-order valence-electron chi connectivity index (χ1n) is 7.57. The van der Waals surface area contributed by atoms with Gasteiger partial charge in [0.25, 0.3) is 0 Å². The van der Waals surface area contributed by atoms with Crippen molar-refractivity contribution in [1.29, 1.82) is 0 Å². The summed E-state index contributed by atoms with van der Waals surface area (Å²) in [5, 5.41) is 7.62. The Labute approximate surface area is 131 Å². The topological polar surface area (TPSA) is 54.7 Å². The highest BCUT2D eigenvalue weighted by atomic mass is 15.1. The van der Waals surface area contributed by atoms with Crippen LogP contribution in [0.5, 0.6) is 0 Å². The zero-order valence-electron chi connectivity index (χ0n) is 13.0. The number of rotatable bonds is 4. The van der Waals surface area contributed by atoms with Crippen LogP contribution in [0.2, 0.25) is 0 Å². The SMILES string of the molecule is Cc1ccc(C)c(C(CN)c2cc(-c3ccccc3)n[nH]2)c1. The zero-order valence-corrected chi connectivity index (χ0v) is 13.0. The van der Waals surface area contributed by atoms with E-state index in [0.717, 1.165) is 17.0 Å². The van der Waals surface area contributed by atoms with Crippen molar-refractivity contribution in [2.75, 3.05) is 6.54 Å². The lowest BCUT2D eigenvalue weighted by Gasteiger charge is -2.16. The van der Waals surface area contributed by atoms with Crippen LogP contribution in [0.4, 0.5) is 0 Å². The molecule has 3 nitrogen and oxygen atoms in total. The largest absolute Gasteiger partial charge is 0.329 e. The summed E-state index contributed by atoms with van der Waals surface area (Å²) < 4.78 is 0. The van der Waals surface area contributed by atoms with Crippen LogP contribution in [0, 0.1) is 13.8 Å². The quantitative estimate of drug-likeness (QED) is 0.768. The molecule has 1 aromatic heterocycles. The van der Waals surface area contributed by atoms with E-state index in [2.05, 4.69) is 60.4 Å². The van der Waals surface area contributed by atoms with Crippen LogP contribution in [0.1, 0.15) is 28.3 Å². The highest BCUT2D eigenvalue weighted by molar-refractivity contribution is 5.59. The third-order valence-electron chi connectivity index (χ3n) is 4.09. The summed E-state index contributed by atoms with van der Waals surface area (Å²) in [7, 11) is 0. The standard InChI is InChI=1S/C19H21N3/c1-13-8-9-14(2)16(10-13)17(12-20)19-11-18(21-22-19)15-6-4-3-5-7-15/h3-11,17H,12,20H2,1-2H3,(H,21,22). The molecule has 2 aromatic carbocycles. The van der Waals surface area contributed by atoms with Gasteiger partial charge in [0, 0.05) is 23.7 Å². The number of nitrogens with zero attached hydrogens (tertiary/aromatic N) is 1. The third kappa shape index (κ3) is 2.81. The van der Waals surface area contributed by atoms with Crippen LogP contribution in [-0.2, 0) is 0 Å². The monoisotopic (exact) mass is 291 g/mol. The second-order valence-electron chi connectivity index (χ2n) is 5.72. The third-order valence-corrected chi connectivity index (χ3v) is 4.09. The molecular weight excluding hydrogens is 270 g/mol. The van der Waals surface area contributed by atoms with E-state index in [-0.39, 0.29) is 5.92 Å². The van der Waals surface area contributed by atoms with Gasteiger partial charge < -0.3 is 5.73 Å². The molecule has 3 N–H and O–H groups in total. The number of hydrogen-bond acceptors (Lipinski definition) is 2. The van der Waals surface area contributed by atoms with Gasteiger partial charge in [-0.2, -0.15) is 5.10 Å². The van der Waals surface area contributed by atoms with Crippen LogP contribution >= 0.6 is 0 Å². The lowest BCUT2D eigenvalue weighted by molar-refractivity contribution is 0.773. The Hall–Kier alpha value is -2.39. The van der Waals surface area contributed by atoms with Crippen molar-refractivity contribution in [3.05, 3.63) is 77.0 Å². The Morgan fingerprint density at radius 2 is 1.82 bits per heavy atom. The predicted octanol–water partition coefficient (Wildman–Crippen LogP) is 3.78. The van der Waals surface area contributed by atoms with E-state index in [1.807, 2.05) is 18.2 Å². The molecule has 22 heavy (non-hydrogen) atoms. The molecule has 0 saturated heterocycles. The maximum absolute atomic E-state index is 6.06. The molecule has 0 spiro atoms. The van der Waals surface area contributed by atoms with E-state index >= 15 is 0 Å². The molecule has 1 heterocycles. The van der Waals surface area contributed by atoms with Gasteiger partial charge in [0.2, 0.25) is 0 Å². The summed E-state index contributed by atoms with van der Waals surface area (Å²) in [4.78, 5) is 0. The molecule has 0 aliphatic carbocycles. The molecule has 0 fully saturated rings. The maximum Gasteiger partial charge on any atom is 0.0923 e. The van der Waals surface area contributed by atoms with E-state index < -0.39 is 0 Å². The van der Waals surface area contributed by atoms with Gasteiger partial charge in [0.15, 0.2) is 0 Å². The van der Waals surface area contributed by atoms with Crippen molar-refractivity contribution in [3.63, 3.8) is 0 Å². The fourth-order valence-electron chi connectivity index (χ4n) is 2.83. The summed E-state index contributed by atoms with van der Waals surface area (Å²) in [5.74, 6) is 0.143. The first kappa shape index (κ1) is 14.5. The molecule has 112 valence electrons. The number of benzene rings is 2. The minimum absolute atomic E-state index is 0.143. The number of aromatic amines is 1. The average Bonchev–Trinajstić information content (AvgIpc) is 3.02. The lowest BCUT2D eigenvalue weighted by atomic mass is 9.90. The zero-order chi connectivity index (χ0) is 15.5. The number of hydrogen-bond donors (Lipinski definition) is 2. The summed E-state index contributed by atoms with van der Waals surface area (Å²) in [6, 6.07) is 18.8. The van der Waals surface area contributed by atoms with Gasteiger partial charge in [-0.05, 0) is 31.0 Å². The highest BCUT2D eigenvalue weighted by Crippen LogP contribution is 2.28. The molecule has 3 heteroatoms. The van der Waals surface area contributed by atoms with Gasteiger partial charge in [0.1, 0.15) is 0 Å². The maximum atomic E-state index is 6.06.